The lowest BCUT2D eigenvalue weighted by Crippen LogP contribution is -2.12. The van der Waals surface area contributed by atoms with E-state index in [0.29, 0.717) is 29.0 Å². The molecule has 0 radical (unpaired) electrons. The zero-order valence-corrected chi connectivity index (χ0v) is 23.7. The van der Waals surface area contributed by atoms with E-state index in [-0.39, 0.29) is 16.2 Å². The van der Waals surface area contributed by atoms with Gasteiger partial charge in [-0.25, -0.2) is 26.9 Å². The van der Waals surface area contributed by atoms with Crippen LogP contribution in [0, 0.1) is 6.92 Å². The highest BCUT2D eigenvalue weighted by molar-refractivity contribution is 7.90. The number of rotatable bonds is 8. The Morgan fingerprint density at radius 1 is 0.905 bits per heavy atom. The number of methoxy groups -OCH3 is 1. The van der Waals surface area contributed by atoms with E-state index >= 15 is 0 Å². The van der Waals surface area contributed by atoms with Gasteiger partial charge in [-0.3, -0.25) is 0 Å². The normalized spacial score (nSPS) is 11.5. The highest BCUT2D eigenvalue weighted by Gasteiger charge is 2.24. The van der Waals surface area contributed by atoms with Crippen molar-refractivity contribution >= 4 is 26.9 Å². The summed E-state index contributed by atoms with van der Waals surface area (Å²) in [4.78, 5) is 17.6. The lowest BCUT2D eigenvalue weighted by atomic mass is 10.1. The largest absolute Gasteiger partial charge is 0.465 e. The molecule has 0 N–H and O–H groups in total. The molecule has 0 atom stereocenters. The zero-order valence-electron chi connectivity index (χ0n) is 22.8. The van der Waals surface area contributed by atoms with Gasteiger partial charge in [0.1, 0.15) is 23.4 Å². The lowest BCUT2D eigenvalue weighted by Gasteiger charge is -2.13. The van der Waals surface area contributed by atoms with Crippen LogP contribution in [0.15, 0.2) is 114 Å². The molecule has 0 aliphatic rings. The summed E-state index contributed by atoms with van der Waals surface area (Å²) < 4.78 is 41.0. The molecule has 6 aromatic rings. The summed E-state index contributed by atoms with van der Waals surface area (Å²) in [5.74, 6) is 0.541. The van der Waals surface area contributed by atoms with Gasteiger partial charge in [0.2, 0.25) is 0 Å². The van der Waals surface area contributed by atoms with Crippen molar-refractivity contribution in [2.75, 3.05) is 7.11 Å². The molecule has 0 spiro atoms. The molecule has 0 saturated carbocycles. The first-order chi connectivity index (χ1) is 20.3. The monoisotopic (exact) mass is 578 g/mol. The predicted molar refractivity (Wildman–Crippen MR) is 158 cm³/mol. The molecule has 6 rings (SSSR count). The van der Waals surface area contributed by atoms with E-state index in [1.807, 2.05) is 49.4 Å². The van der Waals surface area contributed by atoms with Crippen molar-refractivity contribution in [2.45, 2.75) is 18.4 Å². The van der Waals surface area contributed by atoms with Crippen LogP contribution in [0.3, 0.4) is 0 Å². The molecule has 0 aliphatic carbocycles. The molecule has 0 amide bonds. The molecule has 9 nitrogen and oxygen atoms in total. The fraction of sp³-hybridized carbons (Fsp3) is 0.0938. The predicted octanol–water partition coefficient (Wildman–Crippen LogP) is 6.07. The van der Waals surface area contributed by atoms with E-state index in [2.05, 4.69) is 10.1 Å². The maximum Gasteiger partial charge on any atom is 0.342 e. The third kappa shape index (κ3) is 5.15. The number of hydrogen-bond acceptors (Lipinski definition) is 7. The van der Waals surface area contributed by atoms with Gasteiger partial charge in [0.05, 0.1) is 24.1 Å². The second-order valence-electron chi connectivity index (χ2n) is 9.67. The Kier molecular flexibility index (Phi) is 7.05. The van der Waals surface area contributed by atoms with Gasteiger partial charge in [-0.15, -0.1) is 0 Å². The summed E-state index contributed by atoms with van der Waals surface area (Å²) >= 11 is 0. The molecule has 0 aliphatic heterocycles. The SMILES string of the molecule is COC(=O)c1c(Oc2cccc(-c3ncn(Cc4ccccc4)n3)c2)ccc2c1ccn2S(=O)(=O)c1ccc(C)cc1. The first-order valence-corrected chi connectivity index (χ1v) is 14.5. The molecule has 2 aromatic heterocycles. The first kappa shape index (κ1) is 27.0. The van der Waals surface area contributed by atoms with Crippen LogP contribution < -0.4 is 4.74 Å². The standard InChI is InChI=1S/C32H26N4O5S/c1-22-11-13-26(14-12-22)42(38,39)36-18-17-27-28(36)15-16-29(30(27)32(37)40-2)41-25-10-6-9-24(19-25)31-33-21-35(34-31)20-23-7-4-3-5-8-23/h3-19,21H,20H2,1-2H3. The Bertz CT molecular complexity index is 2010. The van der Waals surface area contributed by atoms with Crippen molar-refractivity contribution in [3.8, 4) is 22.9 Å². The highest BCUT2D eigenvalue weighted by Crippen LogP contribution is 2.35. The van der Waals surface area contributed by atoms with Gasteiger partial charge in [-0.2, -0.15) is 5.10 Å². The Hall–Kier alpha value is -5.22. The number of ether oxygens (including phenoxy) is 2. The minimum Gasteiger partial charge on any atom is -0.465 e. The quantitative estimate of drug-likeness (QED) is 0.202. The minimum atomic E-state index is -3.91. The summed E-state index contributed by atoms with van der Waals surface area (Å²) in [6.45, 7) is 2.47. The van der Waals surface area contributed by atoms with Crippen molar-refractivity contribution < 1.29 is 22.7 Å². The van der Waals surface area contributed by atoms with Gasteiger partial charge < -0.3 is 9.47 Å². The minimum absolute atomic E-state index is 0.114. The van der Waals surface area contributed by atoms with Crippen molar-refractivity contribution in [1.29, 1.82) is 0 Å². The van der Waals surface area contributed by atoms with Gasteiger partial charge >= 0.3 is 5.97 Å². The molecule has 2 heterocycles. The smallest absolute Gasteiger partial charge is 0.342 e. The average Bonchev–Trinajstić information content (AvgIpc) is 3.65. The average molecular weight is 579 g/mol. The number of fused-ring (bicyclic) bond motifs is 1. The number of aromatic nitrogens is 4. The number of carbonyl (C=O) groups excluding carboxylic acids is 1. The molecule has 4 aromatic carbocycles. The van der Waals surface area contributed by atoms with Crippen LogP contribution in [-0.4, -0.2) is 40.2 Å². The Morgan fingerprint density at radius 2 is 1.69 bits per heavy atom. The van der Waals surface area contributed by atoms with Crippen LogP contribution in [0.5, 0.6) is 11.5 Å². The van der Waals surface area contributed by atoms with Crippen LogP contribution in [0.1, 0.15) is 21.5 Å². The summed E-state index contributed by atoms with van der Waals surface area (Å²) in [6.07, 6.45) is 3.10. The Labute approximate surface area is 242 Å². The third-order valence-electron chi connectivity index (χ3n) is 6.81. The number of hydrogen-bond donors (Lipinski definition) is 0. The van der Waals surface area contributed by atoms with Crippen LogP contribution >= 0.6 is 0 Å². The second kappa shape index (κ2) is 11.0. The topological polar surface area (TPSA) is 105 Å². The molecular weight excluding hydrogens is 552 g/mol. The van der Waals surface area contributed by atoms with Gasteiger partial charge in [0, 0.05) is 17.1 Å². The van der Waals surface area contributed by atoms with Gasteiger partial charge in [0.15, 0.2) is 5.82 Å². The summed E-state index contributed by atoms with van der Waals surface area (Å²) in [5.41, 5.74) is 3.22. The summed E-state index contributed by atoms with van der Waals surface area (Å²) in [6, 6.07) is 28.5. The van der Waals surface area contributed by atoms with E-state index < -0.39 is 16.0 Å². The third-order valence-corrected chi connectivity index (χ3v) is 8.51. The Balaban J connectivity index is 1.33. The fourth-order valence-corrected chi connectivity index (χ4v) is 6.05. The van der Waals surface area contributed by atoms with Crippen LogP contribution in [-0.2, 0) is 21.3 Å². The van der Waals surface area contributed by atoms with E-state index in [0.717, 1.165) is 20.7 Å². The summed E-state index contributed by atoms with van der Waals surface area (Å²) in [5, 5.41) is 4.98. The van der Waals surface area contributed by atoms with Crippen LogP contribution in [0.4, 0.5) is 0 Å². The number of esters is 1. The number of carbonyl (C=O) groups is 1. The number of nitrogens with zero attached hydrogens (tertiary/aromatic N) is 4. The number of benzene rings is 4. The number of aryl methyl sites for hydroxylation is 1. The van der Waals surface area contributed by atoms with Crippen molar-refractivity contribution in [3.63, 3.8) is 0 Å². The molecule has 0 saturated heterocycles. The molecular formula is C32H26N4O5S. The van der Waals surface area contributed by atoms with E-state index in [4.69, 9.17) is 9.47 Å². The molecule has 210 valence electrons. The second-order valence-corrected chi connectivity index (χ2v) is 11.5. The molecule has 42 heavy (non-hydrogen) atoms. The molecule has 0 unspecified atom stereocenters. The maximum absolute atomic E-state index is 13.4. The van der Waals surface area contributed by atoms with Gasteiger partial charge in [0.25, 0.3) is 10.0 Å². The molecule has 0 fully saturated rings. The highest BCUT2D eigenvalue weighted by atomic mass is 32.2. The van der Waals surface area contributed by atoms with Gasteiger partial charge in [-0.05, 0) is 55.0 Å². The zero-order chi connectivity index (χ0) is 29.3. The van der Waals surface area contributed by atoms with Crippen molar-refractivity contribution in [1.82, 2.24) is 18.7 Å². The molecule has 0 bridgehead atoms. The van der Waals surface area contributed by atoms with E-state index in [1.54, 1.807) is 65.6 Å². The first-order valence-electron chi connectivity index (χ1n) is 13.1. The lowest BCUT2D eigenvalue weighted by molar-refractivity contribution is 0.0600. The van der Waals surface area contributed by atoms with Crippen molar-refractivity contribution in [3.05, 3.63) is 126 Å². The Morgan fingerprint density at radius 3 is 2.45 bits per heavy atom. The molecule has 10 heteroatoms. The van der Waals surface area contributed by atoms with E-state index in [1.165, 1.54) is 13.3 Å². The van der Waals surface area contributed by atoms with E-state index in [9.17, 15) is 13.2 Å². The van der Waals surface area contributed by atoms with Gasteiger partial charge in [-0.1, -0.05) is 60.2 Å². The van der Waals surface area contributed by atoms with Crippen LogP contribution in [0.25, 0.3) is 22.3 Å². The fourth-order valence-electron chi connectivity index (χ4n) is 4.70. The maximum atomic E-state index is 13.4. The van der Waals surface area contributed by atoms with Crippen LogP contribution in [0.2, 0.25) is 0 Å². The van der Waals surface area contributed by atoms with Crippen molar-refractivity contribution in [2.24, 2.45) is 0 Å². The summed E-state index contributed by atoms with van der Waals surface area (Å²) in [7, 11) is -2.64.